The Morgan fingerprint density at radius 3 is 2.75 bits per heavy atom. The van der Waals surface area contributed by atoms with E-state index in [0.717, 1.165) is 0 Å². The van der Waals surface area contributed by atoms with Crippen LogP contribution in [0.4, 0.5) is 0 Å². The average Bonchev–Trinajstić information content (AvgIpc) is 2.98. The molecule has 1 amide bonds. The molecular weight excluding hydrogens is 266 g/mol. The summed E-state index contributed by atoms with van der Waals surface area (Å²) in [4.78, 5) is 29.9. The Kier molecular flexibility index (Phi) is 4.01. The van der Waals surface area contributed by atoms with Crippen LogP contribution < -0.4 is 5.32 Å². The summed E-state index contributed by atoms with van der Waals surface area (Å²) in [6, 6.07) is 3.07. The SMILES string of the molecule is O=C(NC[C@H](O)C(=O)O)c1ccc(-n2cncn2)nc1. The molecule has 0 aliphatic rings. The summed E-state index contributed by atoms with van der Waals surface area (Å²) in [5.74, 6) is -1.43. The van der Waals surface area contributed by atoms with Crippen LogP contribution in [-0.2, 0) is 4.79 Å². The maximum Gasteiger partial charge on any atom is 0.334 e. The Morgan fingerprint density at radius 1 is 1.40 bits per heavy atom. The lowest BCUT2D eigenvalue weighted by Crippen LogP contribution is -2.36. The lowest BCUT2D eigenvalue weighted by molar-refractivity contribution is -0.146. The van der Waals surface area contributed by atoms with Crippen molar-refractivity contribution in [1.82, 2.24) is 25.1 Å². The van der Waals surface area contributed by atoms with Crippen molar-refractivity contribution >= 4 is 11.9 Å². The number of rotatable bonds is 5. The van der Waals surface area contributed by atoms with Crippen molar-refractivity contribution < 1.29 is 19.8 Å². The Balaban J connectivity index is 1.99. The van der Waals surface area contributed by atoms with E-state index in [0.29, 0.717) is 5.82 Å². The zero-order valence-corrected chi connectivity index (χ0v) is 10.2. The number of nitrogens with zero attached hydrogens (tertiary/aromatic N) is 4. The molecule has 9 nitrogen and oxygen atoms in total. The normalized spacial score (nSPS) is 11.8. The summed E-state index contributed by atoms with van der Waals surface area (Å²) in [5.41, 5.74) is 0.242. The van der Waals surface area contributed by atoms with Gasteiger partial charge in [-0.2, -0.15) is 5.10 Å². The number of carboxylic acids is 1. The van der Waals surface area contributed by atoms with Crippen LogP contribution in [0.15, 0.2) is 31.0 Å². The third-order valence-electron chi connectivity index (χ3n) is 2.40. The molecule has 2 heterocycles. The highest BCUT2D eigenvalue weighted by atomic mass is 16.4. The monoisotopic (exact) mass is 277 g/mol. The molecule has 9 heteroatoms. The number of aliphatic hydroxyl groups is 1. The van der Waals surface area contributed by atoms with Crippen LogP contribution in [0.3, 0.4) is 0 Å². The van der Waals surface area contributed by atoms with Crippen molar-refractivity contribution in [1.29, 1.82) is 0 Å². The van der Waals surface area contributed by atoms with E-state index < -0.39 is 18.0 Å². The van der Waals surface area contributed by atoms with Gasteiger partial charge in [-0.1, -0.05) is 0 Å². The number of amides is 1. The zero-order chi connectivity index (χ0) is 14.5. The van der Waals surface area contributed by atoms with E-state index in [-0.39, 0.29) is 12.1 Å². The van der Waals surface area contributed by atoms with Gasteiger partial charge >= 0.3 is 5.97 Å². The molecule has 0 bridgehead atoms. The van der Waals surface area contributed by atoms with Gasteiger partial charge in [0.1, 0.15) is 12.7 Å². The first-order valence-corrected chi connectivity index (χ1v) is 5.58. The molecule has 0 aliphatic heterocycles. The standard InChI is InChI=1S/C11H11N5O4/c17-8(11(19)20)4-14-10(18)7-1-2-9(13-3-7)16-6-12-5-15-16/h1-3,5-6,8,17H,4H2,(H,14,18)(H,19,20)/t8-/m0/s1. The molecule has 0 aliphatic carbocycles. The molecule has 20 heavy (non-hydrogen) atoms. The van der Waals surface area contributed by atoms with Gasteiger partial charge in [0.05, 0.1) is 12.1 Å². The molecule has 0 fully saturated rings. The van der Waals surface area contributed by atoms with Crippen molar-refractivity contribution in [3.8, 4) is 5.82 Å². The predicted octanol–water partition coefficient (Wildman–Crippen LogP) is -1.16. The van der Waals surface area contributed by atoms with E-state index in [1.165, 1.54) is 29.6 Å². The van der Waals surface area contributed by atoms with Gasteiger partial charge in [0, 0.05) is 6.20 Å². The van der Waals surface area contributed by atoms with E-state index in [1.54, 1.807) is 6.07 Å². The Bertz CT molecular complexity index is 596. The van der Waals surface area contributed by atoms with Crippen molar-refractivity contribution in [2.45, 2.75) is 6.10 Å². The molecule has 2 aromatic heterocycles. The van der Waals surface area contributed by atoms with Crippen LogP contribution in [0.2, 0.25) is 0 Å². The highest BCUT2D eigenvalue weighted by Crippen LogP contribution is 2.03. The number of aliphatic carboxylic acids is 1. The number of nitrogens with one attached hydrogen (secondary N) is 1. The maximum atomic E-state index is 11.7. The van der Waals surface area contributed by atoms with E-state index in [1.807, 2.05) is 0 Å². The summed E-state index contributed by atoms with van der Waals surface area (Å²) >= 11 is 0. The topological polar surface area (TPSA) is 130 Å². The lowest BCUT2D eigenvalue weighted by Gasteiger charge is -2.07. The second-order valence-electron chi connectivity index (χ2n) is 3.81. The summed E-state index contributed by atoms with van der Waals surface area (Å²) < 4.78 is 1.43. The van der Waals surface area contributed by atoms with Crippen LogP contribution in [-0.4, -0.2) is 54.5 Å². The third-order valence-corrected chi connectivity index (χ3v) is 2.40. The minimum Gasteiger partial charge on any atom is -0.479 e. The largest absolute Gasteiger partial charge is 0.479 e. The van der Waals surface area contributed by atoms with E-state index >= 15 is 0 Å². The summed E-state index contributed by atoms with van der Waals surface area (Å²) in [7, 11) is 0. The number of pyridine rings is 1. The van der Waals surface area contributed by atoms with Crippen LogP contribution in [0.5, 0.6) is 0 Å². The summed E-state index contributed by atoms with van der Waals surface area (Å²) in [6.07, 6.45) is 2.50. The quantitative estimate of drug-likeness (QED) is 0.628. The molecule has 0 unspecified atom stereocenters. The van der Waals surface area contributed by atoms with Crippen LogP contribution in [0, 0.1) is 0 Å². The van der Waals surface area contributed by atoms with Gasteiger partial charge in [-0.15, -0.1) is 0 Å². The highest BCUT2D eigenvalue weighted by molar-refractivity contribution is 5.94. The first-order chi connectivity index (χ1) is 9.58. The molecule has 0 saturated heterocycles. The fourth-order valence-corrected chi connectivity index (χ4v) is 1.36. The Hall–Kier alpha value is -2.81. The minimum absolute atomic E-state index is 0.242. The predicted molar refractivity (Wildman–Crippen MR) is 65.1 cm³/mol. The fraction of sp³-hybridized carbons (Fsp3) is 0.182. The van der Waals surface area contributed by atoms with Gasteiger partial charge in [-0.25, -0.2) is 19.4 Å². The summed E-state index contributed by atoms with van der Waals surface area (Å²) in [5, 5.41) is 23.7. The molecule has 2 aromatic rings. The minimum atomic E-state index is -1.64. The van der Waals surface area contributed by atoms with Gasteiger partial charge in [0.2, 0.25) is 0 Å². The molecule has 104 valence electrons. The molecule has 0 aromatic carbocycles. The van der Waals surface area contributed by atoms with Gasteiger partial charge in [-0.05, 0) is 12.1 Å². The van der Waals surface area contributed by atoms with Crippen LogP contribution in [0.1, 0.15) is 10.4 Å². The molecule has 0 spiro atoms. The summed E-state index contributed by atoms with van der Waals surface area (Å²) in [6.45, 7) is -0.376. The number of aromatic nitrogens is 4. The highest BCUT2D eigenvalue weighted by Gasteiger charge is 2.15. The van der Waals surface area contributed by atoms with Gasteiger partial charge in [0.15, 0.2) is 11.9 Å². The zero-order valence-electron chi connectivity index (χ0n) is 10.2. The number of carboxylic acid groups (broad SMARTS) is 1. The first kappa shape index (κ1) is 13.6. The van der Waals surface area contributed by atoms with Crippen LogP contribution in [0.25, 0.3) is 5.82 Å². The molecule has 3 N–H and O–H groups in total. The second-order valence-corrected chi connectivity index (χ2v) is 3.81. The van der Waals surface area contributed by atoms with Gasteiger partial charge in [0.25, 0.3) is 5.91 Å². The average molecular weight is 277 g/mol. The van der Waals surface area contributed by atoms with Crippen molar-refractivity contribution in [2.75, 3.05) is 6.54 Å². The number of aliphatic hydroxyl groups excluding tert-OH is 1. The van der Waals surface area contributed by atoms with Gasteiger partial charge < -0.3 is 15.5 Å². The maximum absolute atomic E-state index is 11.7. The molecule has 0 radical (unpaired) electrons. The van der Waals surface area contributed by atoms with E-state index in [4.69, 9.17) is 10.2 Å². The van der Waals surface area contributed by atoms with Crippen molar-refractivity contribution in [3.05, 3.63) is 36.5 Å². The first-order valence-electron chi connectivity index (χ1n) is 5.58. The molecule has 1 atom stereocenters. The van der Waals surface area contributed by atoms with Gasteiger partial charge in [-0.3, -0.25) is 4.79 Å². The molecule has 0 saturated carbocycles. The van der Waals surface area contributed by atoms with Crippen molar-refractivity contribution in [3.63, 3.8) is 0 Å². The van der Waals surface area contributed by atoms with Crippen LogP contribution >= 0.6 is 0 Å². The van der Waals surface area contributed by atoms with Crippen molar-refractivity contribution in [2.24, 2.45) is 0 Å². The Morgan fingerprint density at radius 2 is 2.20 bits per heavy atom. The number of hydrogen-bond acceptors (Lipinski definition) is 6. The second kappa shape index (κ2) is 5.89. The third kappa shape index (κ3) is 3.14. The fourth-order valence-electron chi connectivity index (χ4n) is 1.36. The lowest BCUT2D eigenvalue weighted by atomic mass is 10.2. The molecule has 2 rings (SSSR count). The molecular formula is C11H11N5O4. The van der Waals surface area contributed by atoms with E-state index in [9.17, 15) is 9.59 Å². The Labute approximate surface area is 112 Å². The number of carbonyl (C=O) groups is 2. The number of hydrogen-bond donors (Lipinski definition) is 3. The smallest absolute Gasteiger partial charge is 0.334 e. The van der Waals surface area contributed by atoms with E-state index in [2.05, 4.69) is 20.4 Å². The number of carbonyl (C=O) groups excluding carboxylic acids is 1.